The molecule has 2 aromatic carbocycles. The van der Waals surface area contributed by atoms with E-state index < -0.39 is 0 Å². The predicted molar refractivity (Wildman–Crippen MR) is 106 cm³/mol. The Morgan fingerprint density at radius 2 is 1.88 bits per heavy atom. The molecule has 1 N–H and O–H groups in total. The molecule has 138 valence electrons. The molecule has 0 radical (unpaired) electrons. The summed E-state index contributed by atoms with van der Waals surface area (Å²) in [5.41, 5.74) is 2.13. The van der Waals surface area contributed by atoms with Gasteiger partial charge in [0.1, 0.15) is 5.75 Å². The van der Waals surface area contributed by atoms with Gasteiger partial charge in [-0.3, -0.25) is 4.79 Å². The van der Waals surface area contributed by atoms with Gasteiger partial charge in [0.15, 0.2) is 6.61 Å². The number of likely N-dealkylation sites (tertiary alicyclic amines) is 1. The molecule has 5 heteroatoms. The summed E-state index contributed by atoms with van der Waals surface area (Å²) in [6.45, 7) is 2.65. The molecule has 1 amide bonds. The van der Waals surface area contributed by atoms with Crippen LogP contribution in [-0.4, -0.2) is 44.1 Å². The smallest absolute Gasteiger partial charge is 0.260 e. The summed E-state index contributed by atoms with van der Waals surface area (Å²) in [5, 5.41) is 3.73. The number of nitrogens with zero attached hydrogens (tertiary/aromatic N) is 1. The summed E-state index contributed by atoms with van der Waals surface area (Å²) in [5.74, 6) is 1.23. The molecule has 2 aromatic rings. The topological polar surface area (TPSA) is 41.6 Å². The van der Waals surface area contributed by atoms with Gasteiger partial charge in [-0.2, -0.15) is 0 Å². The number of hydrogen-bond acceptors (Lipinski definition) is 3. The molecule has 0 bridgehead atoms. The van der Waals surface area contributed by atoms with Crippen molar-refractivity contribution in [1.82, 2.24) is 10.2 Å². The predicted octanol–water partition coefficient (Wildman–Crippen LogP) is 3.84. The first-order valence-electron chi connectivity index (χ1n) is 9.07. The van der Waals surface area contributed by atoms with E-state index in [0.29, 0.717) is 16.7 Å². The van der Waals surface area contributed by atoms with Crippen molar-refractivity contribution < 1.29 is 9.53 Å². The lowest BCUT2D eigenvalue weighted by Crippen LogP contribution is -2.42. The third kappa shape index (κ3) is 4.77. The fourth-order valence-corrected chi connectivity index (χ4v) is 3.57. The lowest BCUT2D eigenvalue weighted by molar-refractivity contribution is -0.134. The Labute approximate surface area is 160 Å². The first-order valence-corrected chi connectivity index (χ1v) is 9.45. The SMILES string of the molecule is CNCC1CCN(C(=O)COc2ccc(-c3ccccc3)cc2Cl)CC1. The van der Waals surface area contributed by atoms with Crippen LogP contribution in [0.3, 0.4) is 0 Å². The molecule has 1 aliphatic heterocycles. The van der Waals surface area contributed by atoms with E-state index in [1.807, 2.05) is 60.5 Å². The number of carbonyl (C=O) groups excluding carboxylic acids is 1. The van der Waals surface area contributed by atoms with Gasteiger partial charge in [0.05, 0.1) is 5.02 Å². The van der Waals surface area contributed by atoms with Gasteiger partial charge in [0.25, 0.3) is 5.91 Å². The van der Waals surface area contributed by atoms with Crippen LogP contribution in [-0.2, 0) is 4.79 Å². The molecule has 1 aliphatic rings. The maximum absolute atomic E-state index is 12.4. The van der Waals surface area contributed by atoms with Crippen molar-refractivity contribution in [3.8, 4) is 16.9 Å². The zero-order valence-corrected chi connectivity index (χ0v) is 15.8. The molecular weight excluding hydrogens is 348 g/mol. The van der Waals surface area contributed by atoms with Gasteiger partial charge in [0, 0.05) is 13.1 Å². The highest BCUT2D eigenvalue weighted by molar-refractivity contribution is 6.32. The Bertz CT molecular complexity index is 728. The van der Waals surface area contributed by atoms with Gasteiger partial charge >= 0.3 is 0 Å². The molecule has 1 saturated heterocycles. The van der Waals surface area contributed by atoms with E-state index in [0.717, 1.165) is 43.6 Å². The molecule has 0 unspecified atom stereocenters. The van der Waals surface area contributed by atoms with Gasteiger partial charge in [-0.15, -0.1) is 0 Å². The molecule has 0 saturated carbocycles. The second-order valence-electron chi connectivity index (χ2n) is 6.68. The summed E-state index contributed by atoms with van der Waals surface area (Å²) in [6, 6.07) is 15.7. The van der Waals surface area contributed by atoms with Gasteiger partial charge in [-0.1, -0.05) is 48.0 Å². The second-order valence-corrected chi connectivity index (χ2v) is 7.09. The van der Waals surface area contributed by atoms with Gasteiger partial charge in [-0.25, -0.2) is 0 Å². The first kappa shape index (κ1) is 18.7. The van der Waals surface area contributed by atoms with Crippen LogP contribution in [0.1, 0.15) is 12.8 Å². The third-order valence-corrected chi connectivity index (χ3v) is 5.15. The average molecular weight is 373 g/mol. The molecule has 26 heavy (non-hydrogen) atoms. The van der Waals surface area contributed by atoms with Crippen LogP contribution >= 0.6 is 11.6 Å². The minimum absolute atomic E-state index is 0.0242. The summed E-state index contributed by atoms with van der Waals surface area (Å²) >= 11 is 6.35. The van der Waals surface area contributed by atoms with E-state index in [4.69, 9.17) is 16.3 Å². The molecule has 4 nitrogen and oxygen atoms in total. The number of ether oxygens (including phenoxy) is 1. The Morgan fingerprint density at radius 1 is 1.15 bits per heavy atom. The van der Waals surface area contributed by atoms with E-state index in [9.17, 15) is 4.79 Å². The highest BCUT2D eigenvalue weighted by Gasteiger charge is 2.22. The minimum Gasteiger partial charge on any atom is -0.482 e. The number of halogens is 1. The Morgan fingerprint density at radius 3 is 2.54 bits per heavy atom. The monoisotopic (exact) mass is 372 g/mol. The number of piperidine rings is 1. The number of benzene rings is 2. The normalized spacial score (nSPS) is 15.1. The Kier molecular flexibility index (Phi) is 6.53. The van der Waals surface area contributed by atoms with Crippen molar-refractivity contribution in [2.75, 3.05) is 33.3 Å². The van der Waals surface area contributed by atoms with Crippen LogP contribution in [0.5, 0.6) is 5.75 Å². The minimum atomic E-state index is 0.0242. The van der Waals surface area contributed by atoms with Crippen molar-refractivity contribution in [2.45, 2.75) is 12.8 Å². The zero-order valence-electron chi connectivity index (χ0n) is 15.1. The molecule has 0 atom stereocenters. The molecule has 0 spiro atoms. The fourth-order valence-electron chi connectivity index (χ4n) is 3.33. The molecular formula is C21H25ClN2O2. The second kappa shape index (κ2) is 9.06. The molecule has 1 fully saturated rings. The van der Waals surface area contributed by atoms with Crippen LogP contribution in [0, 0.1) is 5.92 Å². The molecule has 0 aromatic heterocycles. The maximum atomic E-state index is 12.4. The highest BCUT2D eigenvalue weighted by atomic mass is 35.5. The standard InChI is InChI=1S/C21H25ClN2O2/c1-23-14-16-9-11-24(12-10-16)21(25)15-26-20-8-7-18(13-19(20)22)17-5-3-2-4-6-17/h2-8,13,16,23H,9-12,14-15H2,1H3. The van der Waals surface area contributed by atoms with Gasteiger partial charge < -0.3 is 15.0 Å². The summed E-state index contributed by atoms with van der Waals surface area (Å²) in [6.07, 6.45) is 2.08. The number of nitrogens with one attached hydrogen (secondary N) is 1. The van der Waals surface area contributed by atoms with Crippen molar-refractivity contribution in [3.63, 3.8) is 0 Å². The van der Waals surface area contributed by atoms with Crippen LogP contribution in [0.15, 0.2) is 48.5 Å². The van der Waals surface area contributed by atoms with E-state index in [2.05, 4.69) is 5.32 Å². The quantitative estimate of drug-likeness (QED) is 0.837. The molecule has 3 rings (SSSR count). The van der Waals surface area contributed by atoms with Crippen LogP contribution in [0.4, 0.5) is 0 Å². The first-order chi connectivity index (χ1) is 12.7. The fraction of sp³-hybridized carbons (Fsp3) is 0.381. The van der Waals surface area contributed by atoms with Gasteiger partial charge in [-0.05, 0) is 55.6 Å². The lowest BCUT2D eigenvalue weighted by atomic mass is 9.97. The van der Waals surface area contributed by atoms with E-state index >= 15 is 0 Å². The zero-order chi connectivity index (χ0) is 18.4. The van der Waals surface area contributed by atoms with Crippen LogP contribution in [0.2, 0.25) is 5.02 Å². The highest BCUT2D eigenvalue weighted by Crippen LogP contribution is 2.30. The maximum Gasteiger partial charge on any atom is 0.260 e. The largest absolute Gasteiger partial charge is 0.482 e. The lowest BCUT2D eigenvalue weighted by Gasteiger charge is -2.31. The average Bonchev–Trinajstić information content (AvgIpc) is 2.68. The van der Waals surface area contributed by atoms with E-state index in [-0.39, 0.29) is 12.5 Å². The number of hydrogen-bond donors (Lipinski definition) is 1. The van der Waals surface area contributed by atoms with Crippen molar-refractivity contribution >= 4 is 17.5 Å². The number of amides is 1. The Balaban J connectivity index is 1.54. The summed E-state index contributed by atoms with van der Waals surface area (Å²) in [4.78, 5) is 14.3. The van der Waals surface area contributed by atoms with Crippen molar-refractivity contribution in [3.05, 3.63) is 53.6 Å². The number of carbonyl (C=O) groups is 1. The molecule has 1 heterocycles. The van der Waals surface area contributed by atoms with Crippen LogP contribution < -0.4 is 10.1 Å². The molecule has 0 aliphatic carbocycles. The number of rotatable bonds is 6. The van der Waals surface area contributed by atoms with Crippen molar-refractivity contribution in [2.24, 2.45) is 5.92 Å². The third-order valence-electron chi connectivity index (χ3n) is 4.85. The Hall–Kier alpha value is -2.04. The summed E-state index contributed by atoms with van der Waals surface area (Å²) in [7, 11) is 1.97. The van der Waals surface area contributed by atoms with Crippen LogP contribution in [0.25, 0.3) is 11.1 Å². The summed E-state index contributed by atoms with van der Waals surface area (Å²) < 4.78 is 5.68. The van der Waals surface area contributed by atoms with E-state index in [1.54, 1.807) is 0 Å². The van der Waals surface area contributed by atoms with Gasteiger partial charge in [0.2, 0.25) is 0 Å². The van der Waals surface area contributed by atoms with E-state index in [1.165, 1.54) is 0 Å². The van der Waals surface area contributed by atoms with Crippen molar-refractivity contribution in [1.29, 1.82) is 0 Å².